The second-order valence-corrected chi connectivity index (χ2v) is 13.3. The minimum atomic E-state index is -0.230. The lowest BCUT2D eigenvalue weighted by molar-refractivity contribution is -0.144. The zero-order valence-electron chi connectivity index (χ0n) is 30.7. The van der Waals surface area contributed by atoms with Crippen LogP contribution in [0.4, 0.5) is 0 Å². The van der Waals surface area contributed by atoms with Crippen LogP contribution in [0.25, 0.3) is 0 Å². The van der Waals surface area contributed by atoms with Gasteiger partial charge in [0.1, 0.15) is 0 Å². The molecule has 0 bridgehead atoms. The van der Waals surface area contributed by atoms with Gasteiger partial charge in [0.25, 0.3) is 0 Å². The molecule has 47 heavy (non-hydrogen) atoms. The number of allylic oxidation sites excluding steroid dienone is 3. The van der Waals surface area contributed by atoms with Crippen molar-refractivity contribution in [2.75, 3.05) is 19.8 Å². The lowest BCUT2D eigenvalue weighted by atomic mass is 9.82. The molecule has 0 atom stereocenters. The van der Waals surface area contributed by atoms with Crippen molar-refractivity contribution in [3.8, 4) is 0 Å². The van der Waals surface area contributed by atoms with Crippen molar-refractivity contribution in [3.63, 3.8) is 0 Å². The van der Waals surface area contributed by atoms with Crippen LogP contribution >= 0.6 is 0 Å². The Morgan fingerprint density at radius 2 is 0.915 bits per heavy atom. The van der Waals surface area contributed by atoms with E-state index in [0.29, 0.717) is 80.7 Å². The molecule has 0 saturated carbocycles. The number of unbranched alkanes of at least 4 members (excludes halogenated alkanes) is 16. The summed E-state index contributed by atoms with van der Waals surface area (Å²) < 4.78 is 10.5. The Kier molecular flexibility index (Phi) is 25.9. The van der Waals surface area contributed by atoms with Gasteiger partial charge in [-0.2, -0.15) is 0 Å². The van der Waals surface area contributed by atoms with E-state index in [1.807, 2.05) is 0 Å². The number of ether oxygens (including phenoxy) is 2. The third-order valence-electron chi connectivity index (χ3n) is 9.07. The van der Waals surface area contributed by atoms with Crippen molar-refractivity contribution in [1.29, 1.82) is 0 Å². The highest BCUT2D eigenvalue weighted by Crippen LogP contribution is 2.30. The number of carbonyl (C=O) groups excluding carboxylic acids is 4. The summed E-state index contributed by atoms with van der Waals surface area (Å²) in [7, 11) is 0. The molecule has 1 N–H and O–H groups in total. The van der Waals surface area contributed by atoms with Gasteiger partial charge in [-0.05, 0) is 58.3 Å². The van der Waals surface area contributed by atoms with Gasteiger partial charge >= 0.3 is 11.9 Å². The Labute approximate surface area is 287 Å². The first kappa shape index (κ1) is 42.6. The molecule has 0 spiro atoms. The highest BCUT2D eigenvalue weighted by molar-refractivity contribution is 6.24. The van der Waals surface area contributed by atoms with Crippen molar-refractivity contribution < 1.29 is 28.7 Å². The monoisotopic (exact) mass is 660 g/mol. The van der Waals surface area contributed by atoms with Crippen molar-refractivity contribution in [2.45, 2.75) is 188 Å². The average molecular weight is 660 g/mol. The molecule has 1 aliphatic carbocycles. The summed E-state index contributed by atoms with van der Waals surface area (Å²) in [6.45, 7) is 9.41. The van der Waals surface area contributed by atoms with Crippen LogP contribution < -0.4 is 5.32 Å². The summed E-state index contributed by atoms with van der Waals surface area (Å²) in [5.41, 5.74) is 2.07. The summed E-state index contributed by atoms with van der Waals surface area (Å²) in [5.74, 6) is -0.585. The second kappa shape index (κ2) is 28.6. The van der Waals surface area contributed by atoms with Gasteiger partial charge in [-0.1, -0.05) is 117 Å². The molecule has 0 aliphatic heterocycles. The molecule has 0 heterocycles. The molecular formula is C40H69NO6. The Hall–Kier alpha value is -2.44. The van der Waals surface area contributed by atoms with Crippen LogP contribution in [-0.4, -0.2) is 43.3 Å². The van der Waals surface area contributed by atoms with Crippen LogP contribution in [-0.2, 0) is 28.7 Å². The summed E-state index contributed by atoms with van der Waals surface area (Å²) in [6.07, 6.45) is 24.9. The van der Waals surface area contributed by atoms with E-state index in [-0.39, 0.29) is 29.9 Å². The SMILES string of the molecule is CCCCCCCCCCCCCCCCC1=C(CCCCC(=O)OCCCC)C(=O)C(C)=C(NCCCC(=O)OCCCC)C1=O. The van der Waals surface area contributed by atoms with E-state index < -0.39 is 0 Å². The van der Waals surface area contributed by atoms with E-state index in [9.17, 15) is 19.2 Å². The van der Waals surface area contributed by atoms with E-state index >= 15 is 0 Å². The van der Waals surface area contributed by atoms with Gasteiger partial charge in [-0.25, -0.2) is 0 Å². The van der Waals surface area contributed by atoms with Gasteiger partial charge in [-0.3, -0.25) is 19.2 Å². The van der Waals surface area contributed by atoms with Crippen molar-refractivity contribution in [2.24, 2.45) is 0 Å². The summed E-state index contributed by atoms with van der Waals surface area (Å²) in [4.78, 5) is 51.3. The van der Waals surface area contributed by atoms with Gasteiger partial charge in [0, 0.05) is 36.1 Å². The first-order valence-corrected chi connectivity index (χ1v) is 19.4. The Balaban J connectivity index is 2.61. The zero-order chi connectivity index (χ0) is 34.5. The molecule has 1 aliphatic rings. The molecule has 0 fully saturated rings. The van der Waals surface area contributed by atoms with Crippen LogP contribution in [0.5, 0.6) is 0 Å². The Morgan fingerprint density at radius 1 is 0.511 bits per heavy atom. The van der Waals surface area contributed by atoms with Crippen LogP contribution in [0.15, 0.2) is 22.4 Å². The van der Waals surface area contributed by atoms with E-state index in [4.69, 9.17) is 9.47 Å². The first-order valence-electron chi connectivity index (χ1n) is 19.4. The fraction of sp³-hybridized carbons (Fsp3) is 0.800. The molecule has 0 amide bonds. The molecule has 0 aromatic heterocycles. The van der Waals surface area contributed by atoms with E-state index in [0.717, 1.165) is 44.9 Å². The fourth-order valence-corrected chi connectivity index (χ4v) is 6.00. The molecule has 7 nitrogen and oxygen atoms in total. The van der Waals surface area contributed by atoms with Gasteiger partial charge in [0.05, 0.1) is 18.9 Å². The number of carbonyl (C=O) groups is 4. The van der Waals surface area contributed by atoms with E-state index in [1.165, 1.54) is 70.6 Å². The number of rotatable bonds is 31. The smallest absolute Gasteiger partial charge is 0.305 e. The lowest BCUT2D eigenvalue weighted by Gasteiger charge is -2.23. The van der Waals surface area contributed by atoms with Crippen molar-refractivity contribution >= 4 is 23.5 Å². The van der Waals surface area contributed by atoms with Gasteiger partial charge in [-0.15, -0.1) is 0 Å². The van der Waals surface area contributed by atoms with Gasteiger partial charge < -0.3 is 14.8 Å². The normalized spacial score (nSPS) is 13.4. The number of esters is 2. The number of hydrogen-bond donors (Lipinski definition) is 1. The molecular weight excluding hydrogens is 590 g/mol. The van der Waals surface area contributed by atoms with Crippen molar-refractivity contribution in [1.82, 2.24) is 5.32 Å². The largest absolute Gasteiger partial charge is 0.466 e. The predicted molar refractivity (Wildman–Crippen MR) is 192 cm³/mol. The van der Waals surface area contributed by atoms with E-state index in [1.54, 1.807) is 6.92 Å². The topological polar surface area (TPSA) is 98.8 Å². The van der Waals surface area contributed by atoms with Crippen molar-refractivity contribution in [3.05, 3.63) is 22.4 Å². The van der Waals surface area contributed by atoms with Gasteiger partial charge in [0.2, 0.25) is 5.78 Å². The fourth-order valence-electron chi connectivity index (χ4n) is 6.00. The predicted octanol–water partition coefficient (Wildman–Crippen LogP) is 10.2. The average Bonchev–Trinajstić information content (AvgIpc) is 3.06. The van der Waals surface area contributed by atoms with Gasteiger partial charge in [0.15, 0.2) is 5.78 Å². The molecule has 0 saturated heterocycles. The summed E-state index contributed by atoms with van der Waals surface area (Å²) >= 11 is 0. The molecule has 0 radical (unpaired) electrons. The maximum absolute atomic E-state index is 13.8. The number of ketones is 2. The molecule has 0 aromatic carbocycles. The minimum Gasteiger partial charge on any atom is -0.466 e. The minimum absolute atomic E-state index is 0.0723. The third-order valence-corrected chi connectivity index (χ3v) is 9.07. The maximum Gasteiger partial charge on any atom is 0.305 e. The zero-order valence-corrected chi connectivity index (χ0v) is 30.7. The highest BCUT2D eigenvalue weighted by atomic mass is 16.5. The molecule has 0 unspecified atom stereocenters. The lowest BCUT2D eigenvalue weighted by Crippen LogP contribution is -2.32. The number of nitrogens with one attached hydrogen (secondary N) is 1. The maximum atomic E-state index is 13.8. The summed E-state index contributed by atoms with van der Waals surface area (Å²) in [5, 5.41) is 3.19. The molecule has 0 aromatic rings. The Morgan fingerprint density at radius 3 is 1.40 bits per heavy atom. The second-order valence-electron chi connectivity index (χ2n) is 13.3. The van der Waals surface area contributed by atoms with Crippen LogP contribution in [0, 0.1) is 0 Å². The molecule has 270 valence electrons. The van der Waals surface area contributed by atoms with Crippen LogP contribution in [0.1, 0.15) is 188 Å². The van der Waals surface area contributed by atoms with Crippen LogP contribution in [0.3, 0.4) is 0 Å². The van der Waals surface area contributed by atoms with E-state index in [2.05, 4.69) is 26.1 Å². The number of hydrogen-bond acceptors (Lipinski definition) is 7. The highest BCUT2D eigenvalue weighted by Gasteiger charge is 2.31. The quantitative estimate of drug-likeness (QED) is 0.0449. The molecule has 1 rings (SSSR count). The standard InChI is InChI=1S/C40H69NO6/c1-5-8-11-12-13-14-15-16-17-18-19-20-21-22-26-35-34(27-23-24-28-36(42)46-31-9-6-2)39(44)33(4)38(40(35)45)41-30-25-29-37(43)47-32-10-7-3/h41H,5-32H2,1-4H3. The first-order chi connectivity index (χ1) is 22.9. The Bertz CT molecular complexity index is 966. The van der Waals surface area contributed by atoms with Crippen LogP contribution in [0.2, 0.25) is 0 Å². The number of Topliss-reactive ketones (excluding diaryl/α,β-unsaturated/α-hetero) is 2. The molecule has 7 heteroatoms. The summed E-state index contributed by atoms with van der Waals surface area (Å²) in [6, 6.07) is 0. The third kappa shape index (κ3) is 19.9.